The number of para-hydroxylation sites is 1. The average molecular weight is 356 g/mol. The van der Waals surface area contributed by atoms with E-state index in [1.165, 1.54) is 12.1 Å². The first-order valence-electron chi connectivity index (χ1n) is 7.62. The fourth-order valence-electron chi connectivity index (χ4n) is 2.19. The SMILES string of the molecule is O=C(Nc1ccccc1Cl)c1ccc(NCc2ccc(F)cc2)cn1. The van der Waals surface area contributed by atoms with Crippen LogP contribution in [0.4, 0.5) is 15.8 Å². The normalized spacial score (nSPS) is 10.3. The van der Waals surface area contributed by atoms with Crippen LogP contribution in [0.25, 0.3) is 0 Å². The van der Waals surface area contributed by atoms with Gasteiger partial charge in [0.2, 0.25) is 0 Å². The highest BCUT2D eigenvalue weighted by atomic mass is 35.5. The minimum absolute atomic E-state index is 0.265. The van der Waals surface area contributed by atoms with E-state index in [4.69, 9.17) is 11.6 Å². The fourth-order valence-corrected chi connectivity index (χ4v) is 2.37. The standard InChI is InChI=1S/C19H15ClFN3O/c20-16-3-1-2-4-17(16)24-19(25)18-10-9-15(12-23-18)22-11-13-5-7-14(21)8-6-13/h1-10,12,22H,11H2,(H,24,25). The maximum Gasteiger partial charge on any atom is 0.274 e. The van der Waals surface area contributed by atoms with E-state index in [-0.39, 0.29) is 17.4 Å². The van der Waals surface area contributed by atoms with E-state index in [1.807, 2.05) is 0 Å². The fraction of sp³-hybridized carbons (Fsp3) is 0.0526. The summed E-state index contributed by atoms with van der Waals surface area (Å²) in [6.07, 6.45) is 1.57. The second kappa shape index (κ2) is 7.77. The topological polar surface area (TPSA) is 54.0 Å². The van der Waals surface area contributed by atoms with Gasteiger partial charge in [-0.2, -0.15) is 0 Å². The Labute approximate surface area is 149 Å². The predicted molar refractivity (Wildman–Crippen MR) is 97.4 cm³/mol. The molecule has 6 heteroatoms. The van der Waals surface area contributed by atoms with E-state index < -0.39 is 0 Å². The Morgan fingerprint density at radius 2 is 1.80 bits per heavy atom. The molecule has 0 aliphatic heterocycles. The number of nitrogens with zero attached hydrogens (tertiary/aromatic N) is 1. The molecule has 0 bridgehead atoms. The molecule has 0 unspecified atom stereocenters. The first kappa shape index (κ1) is 16.9. The van der Waals surface area contributed by atoms with E-state index in [0.717, 1.165) is 11.3 Å². The van der Waals surface area contributed by atoms with Gasteiger partial charge in [0.1, 0.15) is 11.5 Å². The average Bonchev–Trinajstić information content (AvgIpc) is 2.63. The number of amides is 1. The lowest BCUT2D eigenvalue weighted by Gasteiger charge is -2.08. The van der Waals surface area contributed by atoms with Crippen molar-refractivity contribution < 1.29 is 9.18 Å². The van der Waals surface area contributed by atoms with E-state index in [2.05, 4.69) is 15.6 Å². The summed E-state index contributed by atoms with van der Waals surface area (Å²) in [5.74, 6) is -0.600. The summed E-state index contributed by atoms with van der Waals surface area (Å²) in [6, 6.07) is 16.6. The number of benzene rings is 2. The van der Waals surface area contributed by atoms with Crippen molar-refractivity contribution in [2.75, 3.05) is 10.6 Å². The highest BCUT2D eigenvalue weighted by Gasteiger charge is 2.09. The molecule has 126 valence electrons. The Kier molecular flexibility index (Phi) is 5.26. The molecule has 0 saturated carbocycles. The van der Waals surface area contributed by atoms with Gasteiger partial charge in [0, 0.05) is 6.54 Å². The zero-order valence-corrected chi connectivity index (χ0v) is 13.9. The van der Waals surface area contributed by atoms with Crippen molar-refractivity contribution in [3.8, 4) is 0 Å². The minimum Gasteiger partial charge on any atom is -0.380 e. The number of hydrogen-bond acceptors (Lipinski definition) is 3. The molecule has 25 heavy (non-hydrogen) atoms. The predicted octanol–water partition coefficient (Wildman–Crippen LogP) is 4.74. The van der Waals surface area contributed by atoms with E-state index in [1.54, 1.807) is 54.7 Å². The molecule has 0 atom stereocenters. The summed E-state index contributed by atoms with van der Waals surface area (Å²) in [7, 11) is 0. The van der Waals surface area contributed by atoms with E-state index in [0.29, 0.717) is 17.3 Å². The molecule has 0 saturated heterocycles. The van der Waals surface area contributed by atoms with Gasteiger partial charge in [-0.05, 0) is 42.0 Å². The first-order valence-corrected chi connectivity index (χ1v) is 8.00. The van der Waals surface area contributed by atoms with Crippen molar-refractivity contribution in [2.45, 2.75) is 6.54 Å². The number of carbonyl (C=O) groups is 1. The number of rotatable bonds is 5. The quantitative estimate of drug-likeness (QED) is 0.695. The molecule has 4 nitrogen and oxygen atoms in total. The third-order valence-electron chi connectivity index (χ3n) is 3.53. The van der Waals surface area contributed by atoms with Gasteiger partial charge in [-0.25, -0.2) is 9.37 Å². The van der Waals surface area contributed by atoms with E-state index >= 15 is 0 Å². The second-order valence-corrected chi connectivity index (χ2v) is 5.75. The molecule has 0 aliphatic carbocycles. The van der Waals surface area contributed by atoms with Gasteiger partial charge in [-0.3, -0.25) is 4.79 Å². The van der Waals surface area contributed by atoms with Crippen molar-refractivity contribution in [1.82, 2.24) is 4.98 Å². The minimum atomic E-state index is -0.335. The molecule has 0 spiro atoms. The molecule has 1 amide bonds. The van der Waals surface area contributed by atoms with Crippen molar-refractivity contribution in [1.29, 1.82) is 0 Å². The van der Waals surface area contributed by atoms with Gasteiger partial charge in [-0.15, -0.1) is 0 Å². The van der Waals surface area contributed by atoms with Crippen LogP contribution in [0, 0.1) is 5.82 Å². The molecular weight excluding hydrogens is 341 g/mol. The molecule has 1 aromatic heterocycles. The zero-order valence-electron chi connectivity index (χ0n) is 13.2. The van der Waals surface area contributed by atoms with Crippen LogP contribution in [-0.2, 0) is 6.54 Å². The Morgan fingerprint density at radius 3 is 2.48 bits per heavy atom. The lowest BCUT2D eigenvalue weighted by molar-refractivity contribution is 0.102. The molecule has 0 radical (unpaired) electrons. The number of pyridine rings is 1. The Morgan fingerprint density at radius 1 is 1.04 bits per heavy atom. The van der Waals surface area contributed by atoms with Crippen LogP contribution in [0.1, 0.15) is 16.1 Å². The summed E-state index contributed by atoms with van der Waals surface area (Å²) in [5.41, 5.74) is 2.53. The molecule has 3 rings (SSSR count). The third-order valence-corrected chi connectivity index (χ3v) is 3.86. The number of hydrogen-bond donors (Lipinski definition) is 2. The highest BCUT2D eigenvalue weighted by Crippen LogP contribution is 2.21. The van der Waals surface area contributed by atoms with Crippen molar-refractivity contribution >= 4 is 28.9 Å². The maximum atomic E-state index is 12.9. The monoisotopic (exact) mass is 355 g/mol. The number of carbonyl (C=O) groups excluding carboxylic acids is 1. The van der Waals surface area contributed by atoms with E-state index in [9.17, 15) is 9.18 Å². The van der Waals surface area contributed by atoms with Crippen LogP contribution >= 0.6 is 11.6 Å². The van der Waals surface area contributed by atoms with Crippen LogP contribution in [0.2, 0.25) is 5.02 Å². The first-order chi connectivity index (χ1) is 12.1. The lowest BCUT2D eigenvalue weighted by atomic mass is 10.2. The van der Waals surface area contributed by atoms with Gasteiger partial charge in [0.25, 0.3) is 5.91 Å². The Balaban J connectivity index is 1.60. The summed E-state index contributed by atoms with van der Waals surface area (Å²) < 4.78 is 12.9. The summed E-state index contributed by atoms with van der Waals surface area (Å²) in [5, 5.41) is 6.35. The number of aromatic nitrogens is 1. The molecule has 2 aromatic carbocycles. The maximum absolute atomic E-state index is 12.9. The summed E-state index contributed by atoms with van der Waals surface area (Å²) in [6.45, 7) is 0.535. The van der Waals surface area contributed by atoms with Crippen LogP contribution in [0.15, 0.2) is 66.9 Å². The molecule has 2 N–H and O–H groups in total. The van der Waals surface area contributed by atoms with Crippen LogP contribution in [0.5, 0.6) is 0 Å². The van der Waals surface area contributed by atoms with Crippen LogP contribution < -0.4 is 10.6 Å². The zero-order chi connectivity index (χ0) is 17.6. The summed E-state index contributed by atoms with van der Waals surface area (Å²) >= 11 is 6.02. The molecular formula is C19H15ClFN3O. The second-order valence-electron chi connectivity index (χ2n) is 5.35. The van der Waals surface area contributed by atoms with Gasteiger partial charge >= 0.3 is 0 Å². The van der Waals surface area contributed by atoms with Gasteiger partial charge in [0.15, 0.2) is 0 Å². The molecule has 1 heterocycles. The smallest absolute Gasteiger partial charge is 0.274 e. The molecule has 0 aliphatic rings. The third kappa shape index (κ3) is 4.55. The van der Waals surface area contributed by atoms with Gasteiger partial charge in [0.05, 0.1) is 22.6 Å². The largest absolute Gasteiger partial charge is 0.380 e. The van der Waals surface area contributed by atoms with Crippen molar-refractivity contribution in [3.05, 3.63) is 89.0 Å². The lowest BCUT2D eigenvalue weighted by Crippen LogP contribution is -2.14. The number of anilines is 2. The highest BCUT2D eigenvalue weighted by molar-refractivity contribution is 6.33. The van der Waals surface area contributed by atoms with Gasteiger partial charge < -0.3 is 10.6 Å². The Hall–Kier alpha value is -2.92. The van der Waals surface area contributed by atoms with Gasteiger partial charge in [-0.1, -0.05) is 35.9 Å². The van der Waals surface area contributed by atoms with Crippen LogP contribution in [0.3, 0.4) is 0 Å². The van der Waals surface area contributed by atoms with Crippen LogP contribution in [-0.4, -0.2) is 10.9 Å². The molecule has 3 aromatic rings. The number of nitrogens with one attached hydrogen (secondary N) is 2. The number of halogens is 2. The van der Waals surface area contributed by atoms with Crippen molar-refractivity contribution in [3.63, 3.8) is 0 Å². The molecule has 0 fully saturated rings. The summed E-state index contributed by atoms with van der Waals surface area (Å²) in [4.78, 5) is 16.4. The Bertz CT molecular complexity index is 867. The van der Waals surface area contributed by atoms with Crippen molar-refractivity contribution in [2.24, 2.45) is 0 Å².